The molecule has 0 bridgehead atoms. The van der Waals surface area contributed by atoms with E-state index in [2.05, 4.69) is 21.2 Å². The van der Waals surface area contributed by atoms with Gasteiger partial charge in [-0.2, -0.15) is 0 Å². The maximum Gasteiger partial charge on any atom is 0.262 e. The molecule has 0 aliphatic heterocycles. The molecule has 2 aromatic carbocycles. The second kappa shape index (κ2) is 7.24. The number of benzene rings is 2. The van der Waals surface area contributed by atoms with E-state index in [0.29, 0.717) is 11.4 Å². The molecule has 0 saturated heterocycles. The summed E-state index contributed by atoms with van der Waals surface area (Å²) >= 11 is 3.34. The van der Waals surface area contributed by atoms with Crippen molar-refractivity contribution in [1.29, 1.82) is 0 Å². The highest BCUT2D eigenvalue weighted by Crippen LogP contribution is 2.19. The molecule has 1 atom stereocenters. The third-order valence-electron chi connectivity index (χ3n) is 2.82. The van der Waals surface area contributed by atoms with Gasteiger partial charge >= 0.3 is 0 Å². The van der Waals surface area contributed by atoms with Crippen LogP contribution >= 0.6 is 15.9 Å². The number of carbonyl (C=O) groups excluding carboxylic acids is 1. The van der Waals surface area contributed by atoms with Gasteiger partial charge in [-0.1, -0.05) is 34.1 Å². The molecule has 2 N–H and O–H groups in total. The number of aliphatic hydroxyl groups excluding tert-OH is 1. The van der Waals surface area contributed by atoms with Crippen molar-refractivity contribution in [3.8, 4) is 5.75 Å². The van der Waals surface area contributed by atoms with Crippen molar-refractivity contribution in [2.75, 3.05) is 11.9 Å². The van der Waals surface area contributed by atoms with Gasteiger partial charge in [-0.05, 0) is 42.8 Å². The summed E-state index contributed by atoms with van der Waals surface area (Å²) in [6.07, 6.45) is -0.566. The monoisotopic (exact) mass is 349 g/mol. The zero-order chi connectivity index (χ0) is 15.2. The van der Waals surface area contributed by atoms with E-state index < -0.39 is 6.10 Å². The van der Waals surface area contributed by atoms with Crippen LogP contribution in [-0.2, 0) is 4.79 Å². The Hall–Kier alpha value is -1.85. The highest BCUT2D eigenvalue weighted by atomic mass is 79.9. The van der Waals surface area contributed by atoms with Crippen LogP contribution in [0, 0.1) is 0 Å². The van der Waals surface area contributed by atoms with E-state index in [0.717, 1.165) is 10.0 Å². The molecule has 21 heavy (non-hydrogen) atoms. The predicted octanol–water partition coefficient (Wildman–Crippen LogP) is 3.52. The summed E-state index contributed by atoms with van der Waals surface area (Å²) in [4.78, 5) is 11.8. The molecule has 0 heterocycles. The van der Waals surface area contributed by atoms with E-state index in [-0.39, 0.29) is 12.5 Å². The number of anilines is 1. The van der Waals surface area contributed by atoms with Gasteiger partial charge in [0.25, 0.3) is 5.91 Å². The van der Waals surface area contributed by atoms with E-state index >= 15 is 0 Å². The predicted molar refractivity (Wildman–Crippen MR) is 85.3 cm³/mol. The summed E-state index contributed by atoms with van der Waals surface area (Å²) in [6, 6.07) is 14.4. The van der Waals surface area contributed by atoms with Crippen LogP contribution in [0.3, 0.4) is 0 Å². The van der Waals surface area contributed by atoms with Crippen LogP contribution in [0.25, 0.3) is 0 Å². The molecule has 4 nitrogen and oxygen atoms in total. The maximum atomic E-state index is 11.8. The Morgan fingerprint density at radius 3 is 2.76 bits per heavy atom. The van der Waals surface area contributed by atoms with Crippen molar-refractivity contribution in [2.24, 2.45) is 0 Å². The van der Waals surface area contributed by atoms with Gasteiger partial charge in [0.05, 0.1) is 6.10 Å². The number of ether oxygens (including phenoxy) is 1. The molecular weight excluding hydrogens is 334 g/mol. The molecule has 0 radical (unpaired) electrons. The SMILES string of the molecule is C[C@H](O)c1cccc(OCC(=O)Nc2cccc(Br)c2)c1. The van der Waals surface area contributed by atoms with Crippen LogP contribution in [0.4, 0.5) is 5.69 Å². The summed E-state index contributed by atoms with van der Waals surface area (Å²) in [5.41, 5.74) is 1.45. The van der Waals surface area contributed by atoms with Crippen molar-refractivity contribution in [3.63, 3.8) is 0 Å². The summed E-state index contributed by atoms with van der Waals surface area (Å²) < 4.78 is 6.32. The minimum Gasteiger partial charge on any atom is -0.484 e. The van der Waals surface area contributed by atoms with Crippen molar-refractivity contribution >= 4 is 27.5 Å². The fourth-order valence-corrected chi connectivity index (χ4v) is 2.18. The molecule has 2 rings (SSSR count). The number of carbonyl (C=O) groups is 1. The van der Waals surface area contributed by atoms with Gasteiger partial charge in [-0.25, -0.2) is 0 Å². The highest BCUT2D eigenvalue weighted by molar-refractivity contribution is 9.10. The molecule has 0 fully saturated rings. The van der Waals surface area contributed by atoms with Crippen molar-refractivity contribution in [1.82, 2.24) is 0 Å². The average Bonchev–Trinajstić information content (AvgIpc) is 2.45. The topological polar surface area (TPSA) is 58.6 Å². The normalized spacial score (nSPS) is 11.8. The number of hydrogen-bond donors (Lipinski definition) is 2. The Morgan fingerprint density at radius 2 is 2.05 bits per heavy atom. The Labute approximate surface area is 131 Å². The number of rotatable bonds is 5. The van der Waals surface area contributed by atoms with E-state index in [9.17, 15) is 9.90 Å². The lowest BCUT2D eigenvalue weighted by atomic mass is 10.1. The molecule has 5 heteroatoms. The fourth-order valence-electron chi connectivity index (χ4n) is 1.78. The molecular formula is C16H16BrNO3. The van der Waals surface area contributed by atoms with Crippen molar-refractivity contribution < 1.29 is 14.6 Å². The molecule has 1 amide bonds. The quantitative estimate of drug-likeness (QED) is 0.868. The molecule has 2 aromatic rings. The van der Waals surface area contributed by atoms with Gasteiger partial charge in [-0.3, -0.25) is 4.79 Å². The van der Waals surface area contributed by atoms with E-state index in [1.54, 1.807) is 37.3 Å². The molecule has 0 saturated carbocycles. The lowest BCUT2D eigenvalue weighted by Crippen LogP contribution is -2.20. The summed E-state index contributed by atoms with van der Waals surface area (Å²) in [5.74, 6) is 0.313. The first-order valence-corrected chi connectivity index (χ1v) is 7.30. The van der Waals surface area contributed by atoms with Crippen molar-refractivity contribution in [3.05, 3.63) is 58.6 Å². The third-order valence-corrected chi connectivity index (χ3v) is 3.31. The van der Waals surface area contributed by atoms with Crippen LogP contribution in [-0.4, -0.2) is 17.6 Å². The van der Waals surface area contributed by atoms with Crippen molar-refractivity contribution in [2.45, 2.75) is 13.0 Å². The Kier molecular flexibility index (Phi) is 5.36. The van der Waals surface area contributed by atoms with Crippen LogP contribution in [0.1, 0.15) is 18.6 Å². The minimum atomic E-state index is -0.566. The molecule has 0 aromatic heterocycles. The minimum absolute atomic E-state index is 0.0875. The van der Waals surface area contributed by atoms with Gasteiger partial charge in [0.1, 0.15) is 5.75 Å². The van der Waals surface area contributed by atoms with Crippen LogP contribution in [0.2, 0.25) is 0 Å². The number of aliphatic hydroxyl groups is 1. The van der Waals surface area contributed by atoms with Crippen LogP contribution < -0.4 is 10.1 Å². The third kappa shape index (κ3) is 4.88. The van der Waals surface area contributed by atoms with Gasteiger partial charge in [0.2, 0.25) is 0 Å². The fraction of sp³-hybridized carbons (Fsp3) is 0.188. The van der Waals surface area contributed by atoms with Gasteiger partial charge in [0, 0.05) is 10.2 Å². The molecule has 110 valence electrons. The van der Waals surface area contributed by atoms with Gasteiger partial charge in [-0.15, -0.1) is 0 Å². The lowest BCUT2D eigenvalue weighted by molar-refractivity contribution is -0.118. The van der Waals surface area contributed by atoms with Crippen LogP contribution in [0.15, 0.2) is 53.0 Å². The molecule has 0 aliphatic rings. The average molecular weight is 350 g/mol. The Bertz CT molecular complexity index is 628. The van der Waals surface area contributed by atoms with E-state index in [4.69, 9.17) is 4.74 Å². The van der Waals surface area contributed by atoms with Gasteiger partial charge in [0.15, 0.2) is 6.61 Å². The zero-order valence-electron chi connectivity index (χ0n) is 11.5. The first-order valence-electron chi connectivity index (χ1n) is 6.51. The molecule has 0 aliphatic carbocycles. The molecule has 0 unspecified atom stereocenters. The second-order valence-electron chi connectivity index (χ2n) is 4.60. The second-order valence-corrected chi connectivity index (χ2v) is 5.51. The molecule has 0 spiro atoms. The Morgan fingerprint density at radius 1 is 1.29 bits per heavy atom. The summed E-state index contributed by atoms with van der Waals surface area (Å²) in [5, 5.41) is 12.3. The van der Waals surface area contributed by atoms with Gasteiger partial charge < -0.3 is 15.2 Å². The number of nitrogens with one attached hydrogen (secondary N) is 1. The lowest BCUT2D eigenvalue weighted by Gasteiger charge is -2.10. The first kappa shape index (κ1) is 15.5. The number of hydrogen-bond acceptors (Lipinski definition) is 3. The van der Waals surface area contributed by atoms with E-state index in [1.165, 1.54) is 0 Å². The highest BCUT2D eigenvalue weighted by Gasteiger charge is 2.06. The standard InChI is InChI=1S/C16H16BrNO3/c1-11(19)12-4-2-7-15(8-12)21-10-16(20)18-14-6-3-5-13(17)9-14/h2-9,11,19H,10H2,1H3,(H,18,20)/t11-/m0/s1. The summed E-state index contributed by atoms with van der Waals surface area (Å²) in [6.45, 7) is 1.59. The smallest absolute Gasteiger partial charge is 0.262 e. The number of halogens is 1. The van der Waals surface area contributed by atoms with Crippen LogP contribution in [0.5, 0.6) is 5.75 Å². The zero-order valence-corrected chi connectivity index (χ0v) is 13.1. The maximum absolute atomic E-state index is 11.8. The summed E-state index contributed by atoms with van der Waals surface area (Å²) in [7, 11) is 0. The largest absolute Gasteiger partial charge is 0.484 e. The van der Waals surface area contributed by atoms with E-state index in [1.807, 2.05) is 18.2 Å². The Balaban J connectivity index is 1.90. The number of amides is 1. The first-order chi connectivity index (χ1) is 10.0.